The lowest BCUT2D eigenvalue weighted by Gasteiger charge is -2.09. The number of nitrogens with zero attached hydrogens (tertiary/aromatic N) is 1. The van der Waals surface area contributed by atoms with Gasteiger partial charge in [0.2, 0.25) is 19.7 Å². The maximum atomic E-state index is 12.2. The van der Waals surface area contributed by atoms with Crippen molar-refractivity contribution in [1.29, 1.82) is 0 Å². The first kappa shape index (κ1) is 21.4. The fourth-order valence-electron chi connectivity index (χ4n) is 1.83. The van der Waals surface area contributed by atoms with E-state index in [4.69, 9.17) is 11.6 Å². The van der Waals surface area contributed by atoms with Crippen LogP contribution in [0.2, 0.25) is 5.02 Å². The zero-order valence-corrected chi connectivity index (χ0v) is 16.2. The fraction of sp³-hybridized carbons (Fsp3) is 0.429. The van der Waals surface area contributed by atoms with Gasteiger partial charge in [-0.15, -0.1) is 5.10 Å². The van der Waals surface area contributed by atoms with Crippen LogP contribution < -0.4 is 10.7 Å². The summed E-state index contributed by atoms with van der Waals surface area (Å²) in [6.07, 6.45) is 0.444. The average molecular weight is 410 g/mol. The van der Waals surface area contributed by atoms with E-state index in [2.05, 4.69) is 10.4 Å². The van der Waals surface area contributed by atoms with Crippen LogP contribution in [0.25, 0.3) is 0 Å². The summed E-state index contributed by atoms with van der Waals surface area (Å²) in [5.74, 6) is -0.759. The Balaban J connectivity index is 3.02. The quantitative estimate of drug-likeness (QED) is 0.424. The molecule has 1 rings (SSSR count). The molecule has 0 aliphatic rings. The van der Waals surface area contributed by atoms with E-state index in [0.29, 0.717) is 10.7 Å². The number of hydrogen-bond donors (Lipinski definition) is 2. The van der Waals surface area contributed by atoms with E-state index < -0.39 is 30.1 Å². The van der Waals surface area contributed by atoms with Crippen molar-refractivity contribution < 1.29 is 21.6 Å². The van der Waals surface area contributed by atoms with Crippen LogP contribution in [0.1, 0.15) is 26.7 Å². The molecule has 0 radical (unpaired) electrons. The van der Waals surface area contributed by atoms with E-state index in [1.807, 2.05) is 5.43 Å². The number of sulfone groups is 2. The normalized spacial score (nSPS) is 11.6. The third kappa shape index (κ3) is 6.63. The second kappa shape index (κ2) is 9.16. The van der Waals surface area contributed by atoms with Crippen LogP contribution in [0.4, 0.5) is 10.5 Å². The number of halogens is 1. The van der Waals surface area contributed by atoms with E-state index in [-0.39, 0.29) is 24.3 Å². The number of benzene rings is 1. The maximum absolute atomic E-state index is 12.2. The molecule has 2 N–H and O–H groups in total. The molecule has 8 nitrogen and oxygen atoms in total. The highest BCUT2D eigenvalue weighted by molar-refractivity contribution is 8.31. The monoisotopic (exact) mass is 409 g/mol. The standard InChI is InChI=1S/C14H20ClN3O5S2/c1-3-9-24(20,21)14(25(22,23)10-4-2)18-17-13(19)16-12-7-5-11(15)6-8-12/h5-8H,3-4,9-10H2,1-2H3,(H2,16,17,19). The molecular formula is C14H20ClN3O5S2. The minimum atomic E-state index is -4.12. The van der Waals surface area contributed by atoms with E-state index in [0.717, 1.165) is 0 Å². The topological polar surface area (TPSA) is 122 Å². The first-order valence-electron chi connectivity index (χ1n) is 7.48. The predicted octanol–water partition coefficient (Wildman–Crippen LogP) is 2.38. The summed E-state index contributed by atoms with van der Waals surface area (Å²) >= 11 is 5.73. The number of urea groups is 1. The lowest BCUT2D eigenvalue weighted by atomic mass is 10.3. The smallest absolute Gasteiger partial charge is 0.307 e. The van der Waals surface area contributed by atoms with Gasteiger partial charge >= 0.3 is 6.03 Å². The molecule has 0 spiro atoms. The van der Waals surface area contributed by atoms with Gasteiger partial charge in [0.15, 0.2) is 0 Å². The third-order valence-electron chi connectivity index (χ3n) is 2.83. The third-order valence-corrected chi connectivity index (χ3v) is 7.74. The van der Waals surface area contributed by atoms with Crippen molar-refractivity contribution in [1.82, 2.24) is 5.43 Å². The summed E-state index contributed by atoms with van der Waals surface area (Å²) in [7, 11) is -8.25. The number of anilines is 1. The average Bonchev–Trinajstić information content (AvgIpc) is 2.49. The maximum Gasteiger partial charge on any atom is 0.339 e. The fourth-order valence-corrected chi connectivity index (χ4v) is 5.80. The van der Waals surface area contributed by atoms with Crippen LogP contribution in [0.5, 0.6) is 0 Å². The van der Waals surface area contributed by atoms with E-state index in [1.165, 1.54) is 12.1 Å². The first-order valence-corrected chi connectivity index (χ1v) is 11.2. The van der Waals surface area contributed by atoms with Crippen LogP contribution in [0.15, 0.2) is 29.4 Å². The molecule has 0 saturated carbocycles. The Bertz CT molecular complexity index is 796. The molecule has 0 aliphatic carbocycles. The highest BCUT2D eigenvalue weighted by atomic mass is 35.5. The molecule has 0 bridgehead atoms. The molecule has 0 unspecified atom stereocenters. The molecule has 0 atom stereocenters. The van der Waals surface area contributed by atoms with Gasteiger partial charge in [-0.1, -0.05) is 25.4 Å². The van der Waals surface area contributed by atoms with Crippen molar-refractivity contribution >= 4 is 47.4 Å². The Labute approximate surface area is 152 Å². The summed E-state index contributed by atoms with van der Waals surface area (Å²) < 4.78 is 47.6. The Hall–Kier alpha value is -1.65. The van der Waals surface area contributed by atoms with Crippen LogP contribution >= 0.6 is 11.6 Å². The highest BCUT2D eigenvalue weighted by Gasteiger charge is 2.32. The lowest BCUT2D eigenvalue weighted by molar-refractivity contribution is 0.252. The van der Waals surface area contributed by atoms with Gasteiger partial charge in [0.1, 0.15) is 0 Å². The van der Waals surface area contributed by atoms with Gasteiger partial charge in [0.05, 0.1) is 11.5 Å². The number of amides is 2. The van der Waals surface area contributed by atoms with E-state index >= 15 is 0 Å². The number of rotatable bonds is 6. The molecule has 0 saturated heterocycles. The molecule has 0 aromatic heterocycles. The van der Waals surface area contributed by atoms with Crippen molar-refractivity contribution in [2.75, 3.05) is 16.8 Å². The van der Waals surface area contributed by atoms with Gasteiger partial charge in [-0.25, -0.2) is 27.1 Å². The minimum absolute atomic E-state index is 0.222. The first-order chi connectivity index (χ1) is 11.6. The van der Waals surface area contributed by atoms with Crippen LogP contribution in [-0.4, -0.2) is 38.7 Å². The van der Waals surface area contributed by atoms with Crippen LogP contribution in [-0.2, 0) is 19.7 Å². The lowest BCUT2D eigenvalue weighted by Crippen LogP contribution is -2.33. The highest BCUT2D eigenvalue weighted by Crippen LogP contribution is 2.13. The van der Waals surface area contributed by atoms with E-state index in [9.17, 15) is 21.6 Å². The van der Waals surface area contributed by atoms with Crippen LogP contribution in [0.3, 0.4) is 0 Å². The largest absolute Gasteiger partial charge is 0.339 e. The van der Waals surface area contributed by atoms with Gasteiger partial charge < -0.3 is 5.32 Å². The summed E-state index contributed by atoms with van der Waals surface area (Å²) in [6, 6.07) is 5.26. The number of hydrazone groups is 1. The molecule has 1 aromatic rings. The Morgan fingerprint density at radius 3 is 1.92 bits per heavy atom. The molecule has 0 aliphatic heterocycles. The Kier molecular flexibility index (Phi) is 7.84. The molecule has 0 fully saturated rings. The molecule has 11 heteroatoms. The zero-order chi connectivity index (χ0) is 19.1. The molecule has 1 aromatic carbocycles. The molecule has 140 valence electrons. The Morgan fingerprint density at radius 2 is 1.48 bits per heavy atom. The summed E-state index contributed by atoms with van der Waals surface area (Å²) in [5, 5.41) is 6.23. The predicted molar refractivity (Wildman–Crippen MR) is 99.2 cm³/mol. The van der Waals surface area contributed by atoms with Gasteiger partial charge in [0.25, 0.3) is 4.38 Å². The molecule has 25 heavy (non-hydrogen) atoms. The van der Waals surface area contributed by atoms with Gasteiger partial charge in [-0.2, -0.15) is 0 Å². The summed E-state index contributed by atoms with van der Waals surface area (Å²) in [5.41, 5.74) is 2.30. The van der Waals surface area contributed by atoms with Crippen molar-refractivity contribution in [3.63, 3.8) is 0 Å². The summed E-state index contributed by atoms with van der Waals surface area (Å²) in [4.78, 5) is 11.8. The number of carbonyl (C=O) groups excluding carboxylic acids is 1. The SMILES string of the molecule is CCCS(=O)(=O)C(=NNC(=O)Nc1ccc(Cl)cc1)S(=O)(=O)CCC. The second-order valence-electron chi connectivity index (χ2n) is 5.09. The van der Waals surface area contributed by atoms with Crippen molar-refractivity contribution in [2.45, 2.75) is 26.7 Å². The van der Waals surface area contributed by atoms with Gasteiger partial charge in [-0.05, 0) is 37.1 Å². The second-order valence-corrected chi connectivity index (χ2v) is 9.83. The van der Waals surface area contributed by atoms with Crippen LogP contribution in [0, 0.1) is 0 Å². The van der Waals surface area contributed by atoms with Crippen molar-refractivity contribution in [2.24, 2.45) is 5.10 Å². The molecule has 0 heterocycles. The van der Waals surface area contributed by atoms with E-state index in [1.54, 1.807) is 26.0 Å². The van der Waals surface area contributed by atoms with Gasteiger partial charge in [0, 0.05) is 10.7 Å². The minimum Gasteiger partial charge on any atom is -0.307 e. The van der Waals surface area contributed by atoms with Gasteiger partial charge in [-0.3, -0.25) is 0 Å². The Morgan fingerprint density at radius 1 is 1.00 bits per heavy atom. The molecule has 2 amide bonds. The summed E-state index contributed by atoms with van der Waals surface area (Å²) in [6.45, 7) is 3.20. The molecular weight excluding hydrogens is 390 g/mol. The zero-order valence-electron chi connectivity index (χ0n) is 13.8. The number of carbonyl (C=O) groups is 1. The van der Waals surface area contributed by atoms with Crippen molar-refractivity contribution in [3.05, 3.63) is 29.3 Å². The van der Waals surface area contributed by atoms with Crippen molar-refractivity contribution in [3.8, 4) is 0 Å². The number of hydrogen-bond acceptors (Lipinski definition) is 6. The number of nitrogens with one attached hydrogen (secondary N) is 2.